The fraction of sp³-hybridized carbons (Fsp3) is 0.429. The number of hydrogen-bond donors (Lipinski definition) is 3. The number of allylic oxidation sites excluding steroid dienone is 1. The van der Waals surface area contributed by atoms with Gasteiger partial charge in [-0.15, -0.1) is 0 Å². The molecular formula is C49H57ClN8O7S. The highest BCUT2D eigenvalue weighted by atomic mass is 35.5. The van der Waals surface area contributed by atoms with E-state index < -0.39 is 95.5 Å². The number of ether oxygens (including phenoxy) is 2. The first kappa shape index (κ1) is 32.1. The second-order valence-corrected chi connectivity index (χ2v) is 18.9. The SMILES string of the molecule is [2H]C([2H])([2H])C1(C([2H])([2H])[2H])CCC(CN2C([2H])([2H])C([2H])([2H])N(c3ccc(C(=O)NS(=O)(=O)c4ccc(NCC5CCOCC5)c([N+](=O)[O-])c4)c(N4CCCOc5nc6[nH]ccc6cc54)c3)C([2H])(C)C2([2H])[2H])=C(c2ccc(Cl)cc2)C1. The fourth-order valence-corrected chi connectivity index (χ4v) is 9.78. The molecule has 5 aromatic rings. The number of carbonyl (C=O) groups is 1. The number of H-pyrrole nitrogens is 1. The van der Waals surface area contributed by atoms with Crippen LogP contribution in [0.4, 0.5) is 28.4 Å². The highest BCUT2D eigenvalue weighted by Gasteiger charge is 2.33. The smallest absolute Gasteiger partial charge is 0.293 e. The molecule has 348 valence electrons. The Morgan fingerprint density at radius 2 is 1.89 bits per heavy atom. The van der Waals surface area contributed by atoms with E-state index in [9.17, 15) is 32.9 Å². The molecule has 66 heavy (non-hydrogen) atoms. The van der Waals surface area contributed by atoms with Gasteiger partial charge in [0.25, 0.3) is 21.6 Å². The largest absolute Gasteiger partial charge is 0.476 e. The third-order valence-corrected chi connectivity index (χ3v) is 13.7. The number of pyridine rings is 1. The zero-order valence-electron chi connectivity index (χ0n) is 48.9. The van der Waals surface area contributed by atoms with Gasteiger partial charge in [-0.3, -0.25) is 19.8 Å². The molecule has 2 aromatic heterocycles. The van der Waals surface area contributed by atoms with Gasteiger partial charge in [0, 0.05) is 100 Å². The minimum absolute atomic E-state index is 0.0597. The Morgan fingerprint density at radius 3 is 2.68 bits per heavy atom. The van der Waals surface area contributed by atoms with E-state index in [2.05, 4.69) is 15.3 Å². The van der Waals surface area contributed by atoms with Gasteiger partial charge in [-0.1, -0.05) is 43.0 Å². The van der Waals surface area contributed by atoms with Crippen molar-refractivity contribution in [1.82, 2.24) is 19.6 Å². The zero-order valence-corrected chi connectivity index (χ0v) is 37.5. The maximum absolute atomic E-state index is 14.7. The zero-order chi connectivity index (χ0) is 57.5. The van der Waals surface area contributed by atoms with E-state index in [4.69, 9.17) is 29.3 Å². The predicted octanol–water partition coefficient (Wildman–Crippen LogP) is 9.18. The lowest BCUT2D eigenvalue weighted by atomic mass is 9.72. The van der Waals surface area contributed by atoms with Crippen LogP contribution in [0.2, 0.25) is 5.02 Å². The minimum Gasteiger partial charge on any atom is -0.476 e. The van der Waals surface area contributed by atoms with Gasteiger partial charge in [-0.2, -0.15) is 4.98 Å². The number of halogens is 1. The first-order valence-electron chi connectivity index (χ1n) is 28.1. The molecule has 2 fully saturated rings. The lowest BCUT2D eigenvalue weighted by molar-refractivity contribution is -0.384. The monoisotopic (exact) mass is 949 g/mol. The second-order valence-electron chi connectivity index (χ2n) is 16.8. The van der Waals surface area contributed by atoms with Gasteiger partial charge in [-0.25, -0.2) is 13.1 Å². The van der Waals surface area contributed by atoms with Crippen molar-refractivity contribution in [2.75, 3.05) is 74.1 Å². The van der Waals surface area contributed by atoms with Gasteiger partial charge >= 0.3 is 0 Å². The Kier molecular flexibility index (Phi) is 9.19. The number of carbonyl (C=O) groups excluding carboxylic acids is 1. The summed E-state index contributed by atoms with van der Waals surface area (Å²) in [6.45, 7) is -14.0. The van der Waals surface area contributed by atoms with Crippen LogP contribution in [0, 0.1) is 21.4 Å². The van der Waals surface area contributed by atoms with Crippen LogP contribution in [-0.4, -0.2) is 99.1 Å². The van der Waals surface area contributed by atoms with Crippen molar-refractivity contribution < 1.29 is 45.4 Å². The van der Waals surface area contributed by atoms with E-state index in [1.54, 1.807) is 23.2 Å². The molecule has 17 heteroatoms. The number of nitrogens with one attached hydrogen (secondary N) is 3. The van der Waals surface area contributed by atoms with Crippen LogP contribution in [0.15, 0.2) is 89.5 Å². The summed E-state index contributed by atoms with van der Waals surface area (Å²) in [5.41, 5.74) is -2.17. The molecule has 1 amide bonds. The molecule has 15 nitrogen and oxygen atoms in total. The van der Waals surface area contributed by atoms with Gasteiger partial charge < -0.3 is 29.6 Å². The first-order chi connectivity index (χ1) is 36.8. The van der Waals surface area contributed by atoms with Crippen molar-refractivity contribution in [3.05, 3.63) is 111 Å². The summed E-state index contributed by atoms with van der Waals surface area (Å²) in [5, 5.41) is 16.2. The molecule has 3 aromatic carbocycles. The van der Waals surface area contributed by atoms with Crippen LogP contribution in [0.3, 0.4) is 0 Å². The van der Waals surface area contributed by atoms with Gasteiger partial charge in [0.05, 0.1) is 31.8 Å². The van der Waals surface area contributed by atoms with Crippen molar-refractivity contribution >= 4 is 72.6 Å². The van der Waals surface area contributed by atoms with Crippen LogP contribution in [0.1, 0.15) is 92.9 Å². The Hall–Kier alpha value is -5.68. The molecule has 0 radical (unpaired) electrons. The third kappa shape index (κ3) is 9.87. The van der Waals surface area contributed by atoms with E-state index in [0.29, 0.717) is 51.2 Å². The van der Waals surface area contributed by atoms with Crippen molar-refractivity contribution in [3.8, 4) is 5.88 Å². The molecule has 4 aliphatic rings. The summed E-state index contributed by atoms with van der Waals surface area (Å²) in [7, 11) is -4.89. The molecule has 1 atom stereocenters. The highest BCUT2D eigenvalue weighted by molar-refractivity contribution is 7.90. The standard InChI is InChI=1S/C49H57ClN8O7S/c1-32-30-55(31-36-13-17-49(2,3)28-41(36)34-5-7-37(50)8-6-34)20-21-56(32)38-9-11-40(43(26-38)57-19-4-22-65-48-45(57)25-35-14-18-51-46(35)53-48)47(59)54-66(62,63)39-10-12-42(44(27-39)58(60)61)52-29-33-15-23-64-24-16-33/h5-12,14,18,25-27,32-33,52H,4,13,15-17,19-24,28-31H2,1-3H3,(H,51,53)(H,54,59)/i2D3,3D3,20D2,21D2,30D2,32D. The summed E-state index contributed by atoms with van der Waals surface area (Å²) in [5.74, 6) is -1.01. The predicted molar refractivity (Wildman–Crippen MR) is 259 cm³/mol. The third-order valence-electron chi connectivity index (χ3n) is 12.2. The normalized spacial score (nSPS) is 26.2. The van der Waals surface area contributed by atoms with E-state index in [-0.39, 0.29) is 77.3 Å². The van der Waals surface area contributed by atoms with Crippen LogP contribution < -0.4 is 24.6 Å². The van der Waals surface area contributed by atoms with Crippen molar-refractivity contribution in [2.24, 2.45) is 11.3 Å². The Balaban J connectivity index is 1.12. The average Bonchev–Trinajstić information content (AvgIpc) is 3.73. The minimum atomic E-state index is -4.89. The van der Waals surface area contributed by atoms with Crippen molar-refractivity contribution in [2.45, 2.75) is 70.1 Å². The number of anilines is 4. The van der Waals surface area contributed by atoms with Gasteiger partial charge in [0.2, 0.25) is 5.88 Å². The summed E-state index contributed by atoms with van der Waals surface area (Å²) < 4.78 is 160. The van der Waals surface area contributed by atoms with Gasteiger partial charge in [-0.05, 0) is 123 Å². The molecule has 0 saturated carbocycles. The summed E-state index contributed by atoms with van der Waals surface area (Å²) >= 11 is 6.21. The Morgan fingerprint density at radius 1 is 1.08 bits per heavy atom. The number of hydrogen-bond acceptors (Lipinski definition) is 12. The molecule has 9 rings (SSSR count). The molecule has 1 unspecified atom stereocenters. The number of nitrogens with zero attached hydrogens (tertiary/aromatic N) is 5. The van der Waals surface area contributed by atoms with Crippen LogP contribution >= 0.6 is 11.6 Å². The topological polar surface area (TPSA) is 175 Å². The maximum Gasteiger partial charge on any atom is 0.293 e. The molecular weight excluding hydrogens is 880 g/mol. The van der Waals surface area contributed by atoms with Crippen LogP contribution in [0.25, 0.3) is 16.6 Å². The summed E-state index contributed by atoms with van der Waals surface area (Å²) in [6, 6.07) is 13.3. The van der Waals surface area contributed by atoms with Gasteiger partial charge in [0.15, 0.2) is 0 Å². The molecule has 3 aliphatic heterocycles. The number of amides is 1. The van der Waals surface area contributed by atoms with E-state index in [1.165, 1.54) is 36.4 Å². The second kappa shape index (κ2) is 18.9. The number of rotatable bonds is 12. The van der Waals surface area contributed by atoms with Gasteiger partial charge in [0.1, 0.15) is 17.0 Å². The number of nitro benzene ring substituents is 1. The molecule has 3 N–H and O–H groups in total. The van der Waals surface area contributed by atoms with E-state index in [0.717, 1.165) is 44.0 Å². The molecule has 2 saturated heterocycles. The number of piperazine rings is 1. The molecule has 0 spiro atoms. The fourth-order valence-electron chi connectivity index (χ4n) is 8.67. The number of nitro groups is 1. The highest BCUT2D eigenvalue weighted by Crippen LogP contribution is 2.44. The number of sulfonamides is 1. The van der Waals surface area contributed by atoms with Crippen molar-refractivity contribution in [1.29, 1.82) is 0 Å². The summed E-state index contributed by atoms with van der Waals surface area (Å²) in [6.07, 6.45) is 2.09. The quantitative estimate of drug-likeness (QED) is 0.0800. The average molecular weight is 951 g/mol. The summed E-state index contributed by atoms with van der Waals surface area (Å²) in [4.78, 5) is 35.9. The van der Waals surface area contributed by atoms with E-state index in [1.807, 2.05) is 4.72 Å². The van der Waals surface area contributed by atoms with Crippen molar-refractivity contribution in [3.63, 3.8) is 0 Å². The van der Waals surface area contributed by atoms with E-state index >= 15 is 0 Å². The number of aromatic nitrogens is 2. The number of aromatic amines is 1. The first-order valence-corrected chi connectivity index (χ1v) is 23.4. The lowest BCUT2D eigenvalue weighted by Crippen LogP contribution is -2.52. The lowest BCUT2D eigenvalue weighted by Gasteiger charge is -2.43. The maximum atomic E-state index is 14.7. The number of fused-ring (bicyclic) bond motifs is 2. The van der Waals surface area contributed by atoms with Crippen LogP contribution in [0.5, 0.6) is 5.88 Å². The molecule has 5 heterocycles. The van der Waals surface area contributed by atoms with Crippen LogP contribution in [-0.2, 0) is 14.8 Å². The molecule has 0 bridgehead atoms. The Labute approximate surface area is 409 Å². The number of benzene rings is 3. The Bertz CT molecular complexity index is 3290. The molecule has 1 aliphatic carbocycles.